The van der Waals surface area contributed by atoms with Gasteiger partial charge in [0.1, 0.15) is 6.04 Å². The summed E-state index contributed by atoms with van der Waals surface area (Å²) in [5.41, 5.74) is 1.64. The van der Waals surface area contributed by atoms with Gasteiger partial charge in [-0.05, 0) is 17.7 Å². The summed E-state index contributed by atoms with van der Waals surface area (Å²) in [5.74, 6) is -0.330. The molecular formula is C14H17N3O2. The van der Waals surface area contributed by atoms with E-state index in [4.69, 9.17) is 5.26 Å². The first-order valence-electron chi connectivity index (χ1n) is 6.26. The second kappa shape index (κ2) is 6.32. The molecule has 1 fully saturated rings. The standard InChI is InChI=1S/C14H17N3O2/c1-19-14(18)12-4-2-11(3-5-12)10-17-7-6-16-9-13(17)8-15/h2-5,13,16H,6-7,9-10H2,1H3. The summed E-state index contributed by atoms with van der Waals surface area (Å²) in [6.07, 6.45) is 0. The Morgan fingerprint density at radius 3 is 2.89 bits per heavy atom. The molecule has 0 aliphatic carbocycles. The molecule has 0 spiro atoms. The molecule has 1 unspecified atom stereocenters. The lowest BCUT2D eigenvalue weighted by Gasteiger charge is -2.31. The topological polar surface area (TPSA) is 65.4 Å². The Bertz CT molecular complexity index is 478. The molecule has 100 valence electrons. The molecule has 0 radical (unpaired) electrons. The highest BCUT2D eigenvalue weighted by molar-refractivity contribution is 5.89. The minimum atomic E-state index is -0.330. The Morgan fingerprint density at radius 2 is 2.26 bits per heavy atom. The van der Waals surface area contributed by atoms with Crippen LogP contribution < -0.4 is 5.32 Å². The van der Waals surface area contributed by atoms with Gasteiger partial charge in [0, 0.05) is 26.2 Å². The second-order valence-corrected chi connectivity index (χ2v) is 4.51. The number of hydrogen-bond acceptors (Lipinski definition) is 5. The lowest BCUT2D eigenvalue weighted by Crippen LogP contribution is -2.49. The minimum Gasteiger partial charge on any atom is -0.465 e. The first-order valence-corrected chi connectivity index (χ1v) is 6.26. The Hall–Kier alpha value is -1.90. The summed E-state index contributed by atoms with van der Waals surface area (Å²) in [4.78, 5) is 13.5. The Morgan fingerprint density at radius 1 is 1.53 bits per heavy atom. The van der Waals surface area contributed by atoms with Gasteiger partial charge >= 0.3 is 5.97 Å². The van der Waals surface area contributed by atoms with Gasteiger partial charge < -0.3 is 10.1 Å². The SMILES string of the molecule is COC(=O)c1ccc(CN2CCNCC2C#N)cc1. The van der Waals surface area contributed by atoms with Crippen molar-refractivity contribution >= 4 is 5.97 Å². The van der Waals surface area contributed by atoms with E-state index in [9.17, 15) is 4.79 Å². The number of esters is 1. The van der Waals surface area contributed by atoms with Crippen LogP contribution in [-0.4, -0.2) is 43.7 Å². The van der Waals surface area contributed by atoms with E-state index in [1.165, 1.54) is 7.11 Å². The van der Waals surface area contributed by atoms with Crippen molar-refractivity contribution in [1.29, 1.82) is 5.26 Å². The van der Waals surface area contributed by atoms with E-state index in [1.54, 1.807) is 12.1 Å². The fraction of sp³-hybridized carbons (Fsp3) is 0.429. The van der Waals surface area contributed by atoms with Gasteiger partial charge in [-0.25, -0.2) is 4.79 Å². The lowest BCUT2D eigenvalue weighted by atomic mass is 10.1. The van der Waals surface area contributed by atoms with Gasteiger partial charge in [0.05, 0.1) is 18.7 Å². The van der Waals surface area contributed by atoms with Crippen molar-refractivity contribution in [3.8, 4) is 6.07 Å². The van der Waals surface area contributed by atoms with Crippen LogP contribution in [0.15, 0.2) is 24.3 Å². The highest BCUT2D eigenvalue weighted by atomic mass is 16.5. The van der Waals surface area contributed by atoms with Crippen molar-refractivity contribution in [2.45, 2.75) is 12.6 Å². The van der Waals surface area contributed by atoms with Crippen LogP contribution in [-0.2, 0) is 11.3 Å². The van der Waals surface area contributed by atoms with E-state index in [-0.39, 0.29) is 12.0 Å². The quantitative estimate of drug-likeness (QED) is 0.812. The normalized spacial score (nSPS) is 19.7. The average Bonchev–Trinajstić information content (AvgIpc) is 2.48. The number of carbonyl (C=O) groups excluding carboxylic acids is 1. The van der Waals surface area contributed by atoms with E-state index < -0.39 is 0 Å². The number of hydrogen-bond donors (Lipinski definition) is 1. The van der Waals surface area contributed by atoms with Crippen molar-refractivity contribution < 1.29 is 9.53 Å². The third kappa shape index (κ3) is 3.31. The van der Waals surface area contributed by atoms with Crippen molar-refractivity contribution in [3.63, 3.8) is 0 Å². The highest BCUT2D eigenvalue weighted by Crippen LogP contribution is 2.11. The predicted octanol–water partition coefficient (Wildman–Crippen LogP) is 0.771. The van der Waals surface area contributed by atoms with Gasteiger partial charge in [0.15, 0.2) is 0 Å². The number of nitrogens with one attached hydrogen (secondary N) is 1. The second-order valence-electron chi connectivity index (χ2n) is 4.51. The van der Waals surface area contributed by atoms with E-state index >= 15 is 0 Å². The van der Waals surface area contributed by atoms with E-state index in [1.807, 2.05) is 12.1 Å². The number of rotatable bonds is 3. The smallest absolute Gasteiger partial charge is 0.337 e. The Kier molecular flexibility index (Phi) is 4.50. The first-order chi connectivity index (χ1) is 9.24. The van der Waals surface area contributed by atoms with Crippen molar-refractivity contribution in [1.82, 2.24) is 10.2 Å². The zero-order valence-corrected chi connectivity index (χ0v) is 10.9. The number of benzene rings is 1. The summed E-state index contributed by atoms with van der Waals surface area (Å²) < 4.78 is 4.66. The summed E-state index contributed by atoms with van der Waals surface area (Å²) in [6, 6.07) is 9.53. The number of carbonyl (C=O) groups is 1. The van der Waals surface area contributed by atoms with Gasteiger partial charge in [0.2, 0.25) is 0 Å². The summed E-state index contributed by atoms with van der Waals surface area (Å²) in [7, 11) is 1.37. The van der Waals surface area contributed by atoms with Gasteiger partial charge in [-0.3, -0.25) is 4.90 Å². The van der Waals surface area contributed by atoms with Crippen LogP contribution in [0.3, 0.4) is 0 Å². The van der Waals surface area contributed by atoms with Crippen LogP contribution in [0, 0.1) is 11.3 Å². The largest absolute Gasteiger partial charge is 0.465 e. The lowest BCUT2D eigenvalue weighted by molar-refractivity contribution is 0.0600. The molecule has 0 amide bonds. The number of nitrogens with zero attached hydrogens (tertiary/aromatic N) is 2. The maximum Gasteiger partial charge on any atom is 0.337 e. The average molecular weight is 259 g/mol. The van der Waals surface area contributed by atoms with Crippen LogP contribution in [0.4, 0.5) is 0 Å². The number of ether oxygens (including phenoxy) is 1. The monoisotopic (exact) mass is 259 g/mol. The molecule has 1 heterocycles. The van der Waals surface area contributed by atoms with Crippen molar-refractivity contribution in [3.05, 3.63) is 35.4 Å². The zero-order chi connectivity index (χ0) is 13.7. The maximum absolute atomic E-state index is 11.3. The van der Waals surface area contributed by atoms with Gasteiger partial charge in [-0.15, -0.1) is 0 Å². The van der Waals surface area contributed by atoms with Crippen LogP contribution in [0.1, 0.15) is 15.9 Å². The highest BCUT2D eigenvalue weighted by Gasteiger charge is 2.21. The first kappa shape index (κ1) is 13.5. The molecule has 1 N–H and O–H groups in total. The molecule has 1 aliphatic rings. The Balaban J connectivity index is 2.03. The summed E-state index contributed by atoms with van der Waals surface area (Å²) in [6.45, 7) is 3.19. The van der Waals surface area contributed by atoms with Gasteiger partial charge in [0.25, 0.3) is 0 Å². The van der Waals surface area contributed by atoms with Crippen LogP contribution in [0.2, 0.25) is 0 Å². The molecule has 1 aromatic rings. The molecule has 1 saturated heterocycles. The van der Waals surface area contributed by atoms with Crippen molar-refractivity contribution in [2.75, 3.05) is 26.7 Å². The third-order valence-electron chi connectivity index (χ3n) is 3.26. The number of methoxy groups -OCH3 is 1. The molecule has 5 nitrogen and oxygen atoms in total. The molecule has 0 aromatic heterocycles. The number of piperazine rings is 1. The molecule has 1 atom stereocenters. The number of nitriles is 1. The summed E-state index contributed by atoms with van der Waals surface area (Å²) >= 11 is 0. The van der Waals surface area contributed by atoms with E-state index in [2.05, 4.69) is 21.0 Å². The minimum absolute atomic E-state index is 0.0889. The maximum atomic E-state index is 11.3. The molecule has 19 heavy (non-hydrogen) atoms. The predicted molar refractivity (Wildman–Crippen MR) is 70.5 cm³/mol. The molecule has 2 rings (SSSR count). The van der Waals surface area contributed by atoms with Gasteiger partial charge in [-0.1, -0.05) is 12.1 Å². The fourth-order valence-electron chi connectivity index (χ4n) is 2.16. The Labute approximate surface area is 112 Å². The summed E-state index contributed by atoms with van der Waals surface area (Å²) in [5, 5.41) is 12.3. The van der Waals surface area contributed by atoms with Crippen LogP contribution in [0.25, 0.3) is 0 Å². The van der Waals surface area contributed by atoms with Gasteiger partial charge in [-0.2, -0.15) is 5.26 Å². The van der Waals surface area contributed by atoms with Crippen LogP contribution in [0.5, 0.6) is 0 Å². The third-order valence-corrected chi connectivity index (χ3v) is 3.26. The van der Waals surface area contributed by atoms with Crippen molar-refractivity contribution in [2.24, 2.45) is 0 Å². The zero-order valence-electron chi connectivity index (χ0n) is 10.9. The molecule has 1 aliphatic heterocycles. The fourth-order valence-corrected chi connectivity index (χ4v) is 2.16. The molecular weight excluding hydrogens is 242 g/mol. The molecule has 0 saturated carbocycles. The molecule has 5 heteroatoms. The molecule has 0 bridgehead atoms. The van der Waals surface area contributed by atoms with E-state index in [0.29, 0.717) is 12.1 Å². The van der Waals surface area contributed by atoms with E-state index in [0.717, 1.165) is 25.2 Å². The molecule has 1 aromatic carbocycles. The van der Waals surface area contributed by atoms with Crippen LogP contribution >= 0.6 is 0 Å².